The number of aliphatic hydroxyl groups is 1. The molecule has 0 radical (unpaired) electrons. The van der Waals surface area contributed by atoms with Crippen LogP contribution in [0.15, 0.2) is 42.5 Å². The van der Waals surface area contributed by atoms with E-state index in [0.29, 0.717) is 37.0 Å². The van der Waals surface area contributed by atoms with Crippen LogP contribution in [0.25, 0.3) is 0 Å². The summed E-state index contributed by atoms with van der Waals surface area (Å²) >= 11 is 7.07. The van der Waals surface area contributed by atoms with Gasteiger partial charge in [0.2, 0.25) is 5.79 Å². The number of hydrogen-bond acceptors (Lipinski definition) is 8. The highest BCUT2D eigenvalue weighted by Crippen LogP contribution is 2.46. The van der Waals surface area contributed by atoms with Crippen LogP contribution in [0.2, 0.25) is 63.9 Å². The van der Waals surface area contributed by atoms with Crippen LogP contribution in [-0.2, 0) is 28.5 Å². The molecule has 2 aliphatic heterocycles. The first kappa shape index (κ1) is 38.7. The second-order valence-corrected chi connectivity index (χ2v) is 29.6. The molecule has 0 bridgehead atoms. The summed E-state index contributed by atoms with van der Waals surface area (Å²) in [5.41, 5.74) is 2.56. The molecule has 2 heterocycles. The third kappa shape index (κ3) is 10.2. The molecule has 0 aromatic heterocycles. The Morgan fingerprint density at radius 2 is 1.53 bits per heavy atom. The minimum atomic E-state index is -2.21. The third-order valence-electron chi connectivity index (χ3n) is 8.39. The molecule has 1 N–H and O–H groups in total. The Balaban J connectivity index is 1.87. The first-order chi connectivity index (χ1) is 21.8. The molecule has 2 saturated heterocycles. The lowest BCUT2D eigenvalue weighted by Gasteiger charge is -2.53. The Bertz CT molecular complexity index is 1310. The molecular formula is C35H58ClNO7Si3. The molecule has 0 amide bonds. The zero-order valence-electron chi connectivity index (χ0n) is 30.4. The van der Waals surface area contributed by atoms with E-state index in [9.17, 15) is 5.11 Å². The highest BCUT2D eigenvalue weighted by Gasteiger charge is 2.57. The lowest BCUT2D eigenvalue weighted by molar-refractivity contribution is -0.341. The van der Waals surface area contributed by atoms with Crippen LogP contribution in [0.4, 0.5) is 0 Å². The van der Waals surface area contributed by atoms with E-state index in [1.807, 2.05) is 37.3 Å². The van der Waals surface area contributed by atoms with E-state index in [2.05, 4.69) is 82.9 Å². The first-order valence-corrected chi connectivity index (χ1v) is 27.7. The standard InChI is InChI=1S/C35H58ClNO7Si3/c1-12-40-28-16-13-26(14-17-28)32(37-19-21-39-22-20-37)29-23-27(15-18-30(29)36)35(38)34(44-47(9,10)11)33(43-46(6,7)8)25(2)31(42-35)24-41-45(3,4)5/h13-18,23,25,31-34,38H,12,19-22,24H2,1-11H3/t25-,31-,32?,33+,34-,35+/m1/s1. The van der Waals surface area contributed by atoms with Gasteiger partial charge in [0.15, 0.2) is 25.0 Å². The minimum Gasteiger partial charge on any atom is -0.494 e. The summed E-state index contributed by atoms with van der Waals surface area (Å²) < 4.78 is 38.5. The SMILES string of the molecule is CCOc1ccc(C(c2cc([C@]3(O)O[C@H](CO[Si](C)(C)C)[C@@H](C)[C@H](O[Si](C)(C)C)[C@H]3O[Si](C)(C)C)ccc2Cl)N2CCOCC2)cc1. The van der Waals surface area contributed by atoms with Crippen LogP contribution >= 0.6 is 11.6 Å². The maximum atomic E-state index is 13.0. The number of rotatable bonds is 13. The summed E-state index contributed by atoms with van der Waals surface area (Å²) in [5, 5.41) is 13.6. The summed E-state index contributed by atoms with van der Waals surface area (Å²) in [5.74, 6) is -1.06. The number of halogens is 1. The van der Waals surface area contributed by atoms with Crippen LogP contribution in [0.5, 0.6) is 5.75 Å². The summed E-state index contributed by atoms with van der Waals surface area (Å²) in [6.07, 6.45) is -1.56. The zero-order valence-corrected chi connectivity index (χ0v) is 34.1. The maximum Gasteiger partial charge on any atom is 0.221 e. The molecular weight excluding hydrogens is 666 g/mol. The van der Waals surface area contributed by atoms with Crippen molar-refractivity contribution in [3.05, 3.63) is 64.2 Å². The lowest BCUT2D eigenvalue weighted by Crippen LogP contribution is -2.65. The quantitative estimate of drug-likeness (QED) is 0.212. The van der Waals surface area contributed by atoms with Gasteiger partial charge in [-0.25, -0.2) is 0 Å². The highest BCUT2D eigenvalue weighted by molar-refractivity contribution is 6.70. The molecule has 1 unspecified atom stereocenters. The van der Waals surface area contributed by atoms with Crippen LogP contribution in [-0.4, -0.2) is 92.8 Å². The normalized spacial score (nSPS) is 27.1. The molecule has 2 aromatic carbocycles. The number of benzene rings is 2. The zero-order chi connectivity index (χ0) is 34.8. The Hall–Kier alpha value is -1.10. The van der Waals surface area contributed by atoms with E-state index in [-0.39, 0.29) is 12.0 Å². The van der Waals surface area contributed by atoms with Crippen molar-refractivity contribution in [2.24, 2.45) is 5.92 Å². The van der Waals surface area contributed by atoms with E-state index < -0.39 is 49.1 Å². The van der Waals surface area contributed by atoms with Gasteiger partial charge in [-0.1, -0.05) is 36.7 Å². The van der Waals surface area contributed by atoms with Gasteiger partial charge in [-0.3, -0.25) is 4.90 Å². The predicted molar refractivity (Wildman–Crippen MR) is 197 cm³/mol. The van der Waals surface area contributed by atoms with Gasteiger partial charge in [0.05, 0.1) is 44.7 Å². The van der Waals surface area contributed by atoms with Crippen molar-refractivity contribution in [1.82, 2.24) is 4.90 Å². The molecule has 2 fully saturated rings. The van der Waals surface area contributed by atoms with Gasteiger partial charge in [0, 0.05) is 29.6 Å². The van der Waals surface area contributed by atoms with Crippen LogP contribution in [0.3, 0.4) is 0 Å². The molecule has 6 atom stereocenters. The van der Waals surface area contributed by atoms with Gasteiger partial charge in [-0.05, 0) is 101 Å². The fraction of sp³-hybridized carbons (Fsp3) is 0.657. The molecule has 264 valence electrons. The topological polar surface area (TPSA) is 78.9 Å². The van der Waals surface area contributed by atoms with Gasteiger partial charge >= 0.3 is 0 Å². The van der Waals surface area contributed by atoms with Crippen molar-refractivity contribution in [2.75, 3.05) is 39.5 Å². The monoisotopic (exact) mass is 723 g/mol. The molecule has 12 heteroatoms. The van der Waals surface area contributed by atoms with Gasteiger partial charge in [0.1, 0.15) is 11.9 Å². The number of ether oxygens (including phenoxy) is 3. The molecule has 2 aromatic rings. The van der Waals surface area contributed by atoms with E-state index in [4.69, 9.17) is 39.1 Å². The van der Waals surface area contributed by atoms with E-state index in [1.165, 1.54) is 0 Å². The second-order valence-electron chi connectivity index (χ2n) is 15.8. The second kappa shape index (κ2) is 15.4. The minimum absolute atomic E-state index is 0.0728. The highest BCUT2D eigenvalue weighted by atomic mass is 35.5. The van der Waals surface area contributed by atoms with Crippen molar-refractivity contribution in [3.63, 3.8) is 0 Å². The van der Waals surface area contributed by atoms with Crippen LogP contribution in [0.1, 0.15) is 36.6 Å². The van der Waals surface area contributed by atoms with Crippen LogP contribution in [0, 0.1) is 5.92 Å². The number of nitrogens with zero attached hydrogens (tertiary/aromatic N) is 1. The molecule has 8 nitrogen and oxygen atoms in total. The van der Waals surface area contributed by atoms with Gasteiger partial charge in [-0.2, -0.15) is 0 Å². The van der Waals surface area contributed by atoms with Crippen molar-refractivity contribution in [3.8, 4) is 5.75 Å². The Morgan fingerprint density at radius 1 is 0.915 bits per heavy atom. The summed E-state index contributed by atoms with van der Waals surface area (Å²) in [7, 11) is -6.17. The fourth-order valence-electron chi connectivity index (χ4n) is 6.28. The van der Waals surface area contributed by atoms with Crippen molar-refractivity contribution in [2.45, 2.75) is 103 Å². The lowest BCUT2D eigenvalue weighted by atomic mass is 9.82. The van der Waals surface area contributed by atoms with Gasteiger partial charge in [0.25, 0.3) is 0 Å². The number of morpholine rings is 1. The smallest absolute Gasteiger partial charge is 0.221 e. The predicted octanol–water partition coefficient (Wildman–Crippen LogP) is 7.63. The average Bonchev–Trinajstić information content (AvgIpc) is 2.97. The Labute approximate surface area is 291 Å². The number of hydrogen-bond donors (Lipinski definition) is 1. The fourth-order valence-corrected chi connectivity index (χ4v) is 9.38. The molecule has 0 spiro atoms. The first-order valence-electron chi connectivity index (χ1n) is 17.1. The third-order valence-corrected chi connectivity index (χ3v) is 11.7. The van der Waals surface area contributed by atoms with Crippen molar-refractivity contribution in [1.29, 1.82) is 0 Å². The van der Waals surface area contributed by atoms with E-state index in [1.54, 1.807) is 0 Å². The van der Waals surface area contributed by atoms with Crippen molar-refractivity contribution < 1.29 is 32.6 Å². The molecule has 0 aliphatic carbocycles. The van der Waals surface area contributed by atoms with Crippen molar-refractivity contribution >= 4 is 36.6 Å². The van der Waals surface area contributed by atoms with E-state index >= 15 is 0 Å². The Morgan fingerprint density at radius 3 is 2.09 bits per heavy atom. The summed E-state index contributed by atoms with van der Waals surface area (Å²) in [6, 6.07) is 13.8. The largest absolute Gasteiger partial charge is 0.494 e. The maximum absolute atomic E-state index is 13.0. The summed E-state index contributed by atoms with van der Waals surface area (Å²) in [6.45, 7) is 27.3. The van der Waals surface area contributed by atoms with Crippen LogP contribution < -0.4 is 4.74 Å². The Kier molecular flexibility index (Phi) is 12.7. The molecule has 4 rings (SSSR count). The van der Waals surface area contributed by atoms with E-state index in [0.717, 1.165) is 30.0 Å². The molecule has 0 saturated carbocycles. The molecule has 47 heavy (non-hydrogen) atoms. The van der Waals surface area contributed by atoms with Gasteiger partial charge in [-0.15, -0.1) is 0 Å². The summed E-state index contributed by atoms with van der Waals surface area (Å²) in [4.78, 5) is 2.38. The van der Waals surface area contributed by atoms with Gasteiger partial charge < -0.3 is 32.6 Å². The molecule has 2 aliphatic rings. The average molecular weight is 725 g/mol.